The molecule has 134 valence electrons. The molecule has 0 fully saturated rings. The van der Waals surface area contributed by atoms with E-state index in [1.165, 1.54) is 0 Å². The van der Waals surface area contributed by atoms with Gasteiger partial charge in [-0.2, -0.15) is 0 Å². The van der Waals surface area contributed by atoms with Crippen molar-refractivity contribution < 1.29 is 0 Å². The lowest BCUT2D eigenvalue weighted by Crippen LogP contribution is -2.21. The molecule has 0 radical (unpaired) electrons. The van der Waals surface area contributed by atoms with Gasteiger partial charge in [0.2, 0.25) is 0 Å². The molecule has 0 unspecified atom stereocenters. The molecule has 1 aromatic carbocycles. The number of nitrogens with zero attached hydrogens (tertiary/aromatic N) is 5. The SMILES string of the molecule is CN(C)c1ccc(-c2ccc(Cn3cnc4cccnc4c3=O)cc2)cn1. The van der Waals surface area contributed by atoms with Gasteiger partial charge in [-0.25, -0.2) is 15.0 Å². The predicted molar refractivity (Wildman–Crippen MR) is 107 cm³/mol. The number of pyridine rings is 2. The molecule has 3 heterocycles. The van der Waals surface area contributed by atoms with Gasteiger partial charge in [0.25, 0.3) is 5.56 Å². The molecule has 4 aromatic rings. The van der Waals surface area contributed by atoms with Crippen LogP contribution in [0.2, 0.25) is 0 Å². The number of aromatic nitrogens is 4. The van der Waals surface area contributed by atoms with Gasteiger partial charge in [0.1, 0.15) is 5.82 Å². The number of hydrogen-bond acceptors (Lipinski definition) is 5. The average Bonchev–Trinajstić information content (AvgIpc) is 2.71. The standard InChI is InChI=1S/C21H19N5O/c1-25(2)19-10-9-17(12-23-19)16-7-5-15(6-8-16)13-26-14-24-18-4-3-11-22-20(18)21(26)27/h3-12,14H,13H2,1-2H3. The summed E-state index contributed by atoms with van der Waals surface area (Å²) in [6.45, 7) is 0.455. The largest absolute Gasteiger partial charge is 0.363 e. The molecule has 0 N–H and O–H groups in total. The van der Waals surface area contributed by atoms with Crippen LogP contribution in [0.3, 0.4) is 0 Å². The molecule has 0 amide bonds. The Morgan fingerprint density at radius 2 is 1.70 bits per heavy atom. The summed E-state index contributed by atoms with van der Waals surface area (Å²) in [6, 6.07) is 15.7. The Bertz CT molecular complexity index is 1130. The second-order valence-corrected chi connectivity index (χ2v) is 6.55. The van der Waals surface area contributed by atoms with Crippen LogP contribution >= 0.6 is 0 Å². The van der Waals surface area contributed by atoms with Crippen molar-refractivity contribution in [2.75, 3.05) is 19.0 Å². The minimum Gasteiger partial charge on any atom is -0.363 e. The third-order valence-electron chi connectivity index (χ3n) is 4.43. The van der Waals surface area contributed by atoms with Gasteiger partial charge in [-0.1, -0.05) is 24.3 Å². The number of fused-ring (bicyclic) bond motifs is 1. The minimum absolute atomic E-state index is 0.131. The van der Waals surface area contributed by atoms with Gasteiger partial charge in [0, 0.05) is 32.1 Å². The van der Waals surface area contributed by atoms with Gasteiger partial charge in [0.15, 0.2) is 5.52 Å². The van der Waals surface area contributed by atoms with E-state index in [2.05, 4.69) is 21.0 Å². The van der Waals surface area contributed by atoms with Crippen molar-refractivity contribution in [2.24, 2.45) is 0 Å². The topological polar surface area (TPSA) is 63.9 Å². The lowest BCUT2D eigenvalue weighted by molar-refractivity contribution is 0.746. The molecule has 0 bridgehead atoms. The van der Waals surface area contributed by atoms with Gasteiger partial charge in [-0.05, 0) is 35.4 Å². The van der Waals surface area contributed by atoms with Crippen LogP contribution in [0.5, 0.6) is 0 Å². The highest BCUT2D eigenvalue weighted by Gasteiger charge is 2.06. The van der Waals surface area contributed by atoms with Gasteiger partial charge < -0.3 is 4.90 Å². The Morgan fingerprint density at radius 1 is 0.926 bits per heavy atom. The normalized spacial score (nSPS) is 10.9. The molecule has 0 atom stereocenters. The minimum atomic E-state index is -0.131. The molecule has 6 heteroatoms. The predicted octanol–water partition coefficient (Wildman–Crippen LogP) is 2.97. The molecular formula is C21H19N5O. The first-order chi connectivity index (χ1) is 13.1. The molecule has 0 aliphatic rings. The Kier molecular flexibility index (Phi) is 4.38. The van der Waals surface area contributed by atoms with Crippen molar-refractivity contribution in [3.8, 4) is 11.1 Å². The van der Waals surface area contributed by atoms with E-state index in [4.69, 9.17) is 0 Å². The number of anilines is 1. The van der Waals surface area contributed by atoms with Crippen LogP contribution in [0.15, 0.2) is 72.0 Å². The zero-order chi connectivity index (χ0) is 18.8. The first kappa shape index (κ1) is 16.9. The molecule has 0 aliphatic heterocycles. The summed E-state index contributed by atoms with van der Waals surface area (Å²) < 4.78 is 1.58. The fourth-order valence-corrected chi connectivity index (χ4v) is 2.92. The zero-order valence-corrected chi connectivity index (χ0v) is 15.2. The van der Waals surface area contributed by atoms with E-state index >= 15 is 0 Å². The number of benzene rings is 1. The van der Waals surface area contributed by atoms with Gasteiger partial charge >= 0.3 is 0 Å². The van der Waals surface area contributed by atoms with E-state index in [9.17, 15) is 4.79 Å². The van der Waals surface area contributed by atoms with Crippen LogP contribution in [-0.2, 0) is 6.54 Å². The van der Waals surface area contributed by atoms with E-state index < -0.39 is 0 Å². The molecule has 6 nitrogen and oxygen atoms in total. The maximum atomic E-state index is 12.6. The lowest BCUT2D eigenvalue weighted by atomic mass is 10.1. The molecule has 0 aliphatic carbocycles. The quantitative estimate of drug-likeness (QED) is 0.562. The van der Waals surface area contributed by atoms with E-state index in [0.717, 1.165) is 22.5 Å². The fraction of sp³-hybridized carbons (Fsp3) is 0.143. The van der Waals surface area contributed by atoms with Crippen LogP contribution in [0, 0.1) is 0 Å². The van der Waals surface area contributed by atoms with Crippen molar-refractivity contribution >= 4 is 16.9 Å². The Balaban J connectivity index is 1.58. The van der Waals surface area contributed by atoms with Crippen LogP contribution in [0.1, 0.15) is 5.56 Å². The van der Waals surface area contributed by atoms with Gasteiger partial charge in [0.05, 0.1) is 18.4 Å². The molecule has 27 heavy (non-hydrogen) atoms. The number of hydrogen-bond donors (Lipinski definition) is 0. The van der Waals surface area contributed by atoms with Crippen molar-refractivity contribution in [2.45, 2.75) is 6.54 Å². The van der Waals surface area contributed by atoms with Gasteiger partial charge in [-0.15, -0.1) is 0 Å². The van der Waals surface area contributed by atoms with Crippen molar-refractivity contribution in [3.63, 3.8) is 0 Å². The Labute approximate surface area is 156 Å². The third-order valence-corrected chi connectivity index (χ3v) is 4.43. The second-order valence-electron chi connectivity index (χ2n) is 6.55. The van der Waals surface area contributed by atoms with E-state index in [-0.39, 0.29) is 5.56 Å². The summed E-state index contributed by atoms with van der Waals surface area (Å²) in [5, 5.41) is 0. The highest BCUT2D eigenvalue weighted by molar-refractivity contribution is 5.72. The molecule has 0 spiro atoms. The monoisotopic (exact) mass is 357 g/mol. The smallest absolute Gasteiger partial charge is 0.280 e. The summed E-state index contributed by atoms with van der Waals surface area (Å²) in [7, 11) is 3.94. The summed E-state index contributed by atoms with van der Waals surface area (Å²) >= 11 is 0. The van der Waals surface area contributed by atoms with Crippen LogP contribution in [0.25, 0.3) is 22.2 Å². The Hall–Kier alpha value is -3.54. The zero-order valence-electron chi connectivity index (χ0n) is 15.2. The van der Waals surface area contributed by atoms with E-state index in [1.54, 1.807) is 29.2 Å². The van der Waals surface area contributed by atoms with E-state index in [1.807, 2.05) is 55.5 Å². The van der Waals surface area contributed by atoms with Crippen molar-refractivity contribution in [1.82, 2.24) is 19.5 Å². The summed E-state index contributed by atoms with van der Waals surface area (Å²) in [4.78, 5) is 27.4. The highest BCUT2D eigenvalue weighted by atomic mass is 16.1. The van der Waals surface area contributed by atoms with E-state index in [0.29, 0.717) is 17.6 Å². The van der Waals surface area contributed by atoms with Gasteiger partial charge in [-0.3, -0.25) is 9.36 Å². The summed E-state index contributed by atoms with van der Waals surface area (Å²) in [6.07, 6.45) is 5.05. The maximum absolute atomic E-state index is 12.6. The molecule has 4 rings (SSSR count). The third kappa shape index (κ3) is 3.42. The number of rotatable bonds is 4. The average molecular weight is 357 g/mol. The summed E-state index contributed by atoms with van der Waals surface area (Å²) in [5.74, 6) is 0.923. The summed E-state index contributed by atoms with van der Waals surface area (Å²) in [5.41, 5.74) is 4.04. The lowest BCUT2D eigenvalue weighted by Gasteiger charge is -2.11. The van der Waals surface area contributed by atoms with Crippen LogP contribution < -0.4 is 10.5 Å². The molecule has 0 saturated carbocycles. The maximum Gasteiger partial charge on any atom is 0.280 e. The molecular weight excluding hydrogens is 338 g/mol. The molecule has 0 saturated heterocycles. The van der Waals surface area contributed by atoms with Crippen molar-refractivity contribution in [1.29, 1.82) is 0 Å². The van der Waals surface area contributed by atoms with Crippen LogP contribution in [0.4, 0.5) is 5.82 Å². The first-order valence-corrected chi connectivity index (χ1v) is 8.65. The van der Waals surface area contributed by atoms with Crippen molar-refractivity contribution in [3.05, 3.63) is 83.2 Å². The first-order valence-electron chi connectivity index (χ1n) is 8.65. The highest BCUT2D eigenvalue weighted by Crippen LogP contribution is 2.21. The fourth-order valence-electron chi connectivity index (χ4n) is 2.92. The Morgan fingerprint density at radius 3 is 2.41 bits per heavy atom. The second kappa shape index (κ2) is 6.99. The van der Waals surface area contributed by atoms with Crippen LogP contribution in [-0.4, -0.2) is 33.6 Å². The molecule has 3 aromatic heterocycles.